The minimum Gasteiger partial charge on any atom is -0.479 e. The van der Waals surface area contributed by atoms with Gasteiger partial charge in [0.1, 0.15) is 5.01 Å². The van der Waals surface area contributed by atoms with Crippen LogP contribution >= 0.6 is 11.3 Å². The van der Waals surface area contributed by atoms with Gasteiger partial charge in [0.05, 0.1) is 11.4 Å². The Hall–Kier alpha value is -3.19. The molecule has 0 radical (unpaired) electrons. The highest BCUT2D eigenvalue weighted by Gasteiger charge is 2.20. The van der Waals surface area contributed by atoms with Crippen molar-refractivity contribution in [1.29, 1.82) is 0 Å². The molecule has 6 nitrogen and oxygen atoms in total. The van der Waals surface area contributed by atoms with Crippen LogP contribution in [-0.4, -0.2) is 23.4 Å². The van der Waals surface area contributed by atoms with Crippen molar-refractivity contribution in [2.45, 2.75) is 6.92 Å². The zero-order chi connectivity index (χ0) is 18.1. The van der Waals surface area contributed by atoms with Gasteiger partial charge in [0.25, 0.3) is 11.8 Å². The van der Waals surface area contributed by atoms with Crippen molar-refractivity contribution < 1.29 is 14.3 Å². The summed E-state index contributed by atoms with van der Waals surface area (Å²) in [4.78, 5) is 28.6. The molecule has 130 valence electrons. The first-order valence-electron chi connectivity index (χ1n) is 8.00. The van der Waals surface area contributed by atoms with Gasteiger partial charge in [0.15, 0.2) is 12.4 Å². The number of hydrogen-bond donors (Lipinski definition) is 2. The second kappa shape index (κ2) is 6.61. The first-order valence-corrected chi connectivity index (χ1v) is 8.88. The summed E-state index contributed by atoms with van der Waals surface area (Å²) in [5, 5.41) is 8.43. The van der Waals surface area contributed by atoms with Gasteiger partial charge in [-0.1, -0.05) is 18.2 Å². The normalized spacial score (nSPS) is 12.7. The highest BCUT2D eigenvalue weighted by Crippen LogP contribution is 2.35. The molecule has 2 aromatic carbocycles. The molecule has 0 atom stereocenters. The Balaban J connectivity index is 1.60. The lowest BCUT2D eigenvalue weighted by Gasteiger charge is -2.20. The number of aromatic nitrogens is 1. The van der Waals surface area contributed by atoms with E-state index in [9.17, 15) is 9.59 Å². The van der Waals surface area contributed by atoms with Gasteiger partial charge in [-0.25, -0.2) is 4.98 Å². The number of hydrogen-bond acceptors (Lipinski definition) is 5. The smallest absolute Gasteiger partial charge is 0.262 e. The third-order valence-electron chi connectivity index (χ3n) is 3.88. The summed E-state index contributed by atoms with van der Waals surface area (Å²) < 4.78 is 5.46. The molecule has 0 aliphatic carbocycles. The van der Waals surface area contributed by atoms with Crippen molar-refractivity contribution in [3.63, 3.8) is 0 Å². The molecule has 4 rings (SSSR count). The van der Waals surface area contributed by atoms with E-state index in [0.29, 0.717) is 22.7 Å². The van der Waals surface area contributed by atoms with Crippen molar-refractivity contribution in [1.82, 2.24) is 4.98 Å². The third-order valence-corrected chi connectivity index (χ3v) is 4.88. The van der Waals surface area contributed by atoms with Gasteiger partial charge < -0.3 is 15.4 Å². The van der Waals surface area contributed by atoms with E-state index in [1.807, 2.05) is 30.5 Å². The number of benzene rings is 2. The predicted molar refractivity (Wildman–Crippen MR) is 101 cm³/mol. The van der Waals surface area contributed by atoms with Crippen molar-refractivity contribution in [2.24, 2.45) is 0 Å². The maximum absolute atomic E-state index is 12.7. The first-order chi connectivity index (χ1) is 12.6. The van der Waals surface area contributed by atoms with E-state index in [1.165, 1.54) is 0 Å². The van der Waals surface area contributed by atoms with Gasteiger partial charge in [-0.2, -0.15) is 0 Å². The fourth-order valence-corrected chi connectivity index (χ4v) is 3.48. The number of carbonyl (C=O) groups is 2. The number of nitrogens with one attached hydrogen (secondary N) is 2. The lowest BCUT2D eigenvalue weighted by atomic mass is 10.1. The molecule has 1 aliphatic heterocycles. The van der Waals surface area contributed by atoms with Crippen LogP contribution in [0.3, 0.4) is 0 Å². The van der Waals surface area contributed by atoms with E-state index in [0.717, 1.165) is 16.3 Å². The van der Waals surface area contributed by atoms with Crippen LogP contribution in [0.1, 0.15) is 16.1 Å². The second-order valence-corrected chi connectivity index (χ2v) is 6.71. The number of para-hydroxylation sites is 1. The van der Waals surface area contributed by atoms with Gasteiger partial charge in [0, 0.05) is 22.2 Å². The fraction of sp³-hybridized carbons (Fsp3) is 0.105. The molecule has 0 saturated carbocycles. The number of thiazole rings is 1. The Labute approximate surface area is 153 Å². The van der Waals surface area contributed by atoms with Gasteiger partial charge in [0.2, 0.25) is 0 Å². The molecule has 0 spiro atoms. The molecule has 0 saturated heterocycles. The van der Waals surface area contributed by atoms with Crippen LogP contribution in [-0.2, 0) is 4.79 Å². The molecule has 0 fully saturated rings. The summed E-state index contributed by atoms with van der Waals surface area (Å²) in [6.45, 7) is 1.87. The van der Waals surface area contributed by atoms with E-state index in [1.54, 1.807) is 35.6 Å². The number of carbonyl (C=O) groups excluding carboxylic acids is 2. The molecule has 0 bridgehead atoms. The molecule has 1 aliphatic rings. The Morgan fingerprint density at radius 3 is 2.92 bits per heavy atom. The Bertz CT molecular complexity index is 1010. The highest BCUT2D eigenvalue weighted by atomic mass is 32.1. The largest absolute Gasteiger partial charge is 0.479 e. The van der Waals surface area contributed by atoms with Crippen molar-refractivity contribution >= 4 is 34.5 Å². The number of nitrogens with zero attached hydrogens (tertiary/aromatic N) is 1. The zero-order valence-corrected chi connectivity index (χ0v) is 14.7. The van der Waals surface area contributed by atoms with Crippen LogP contribution in [0.15, 0.2) is 47.8 Å². The van der Waals surface area contributed by atoms with E-state index in [-0.39, 0.29) is 18.4 Å². The van der Waals surface area contributed by atoms with Crippen LogP contribution < -0.4 is 15.4 Å². The summed E-state index contributed by atoms with van der Waals surface area (Å²) in [6.07, 6.45) is 0. The maximum Gasteiger partial charge on any atom is 0.262 e. The average molecular weight is 365 g/mol. The summed E-state index contributed by atoms with van der Waals surface area (Å²) in [5.74, 6) is -0.00593. The van der Waals surface area contributed by atoms with Crippen LogP contribution in [0.2, 0.25) is 0 Å². The molecular formula is C19H15N3O3S. The number of anilines is 2. The molecular weight excluding hydrogens is 350 g/mol. The molecule has 2 amide bonds. The number of rotatable bonds is 3. The Morgan fingerprint density at radius 1 is 1.27 bits per heavy atom. The number of fused-ring (bicyclic) bond motifs is 1. The fourth-order valence-electron chi connectivity index (χ4n) is 2.69. The third kappa shape index (κ3) is 3.16. The van der Waals surface area contributed by atoms with E-state index >= 15 is 0 Å². The van der Waals surface area contributed by atoms with E-state index in [2.05, 4.69) is 15.6 Å². The van der Waals surface area contributed by atoms with E-state index in [4.69, 9.17) is 4.74 Å². The number of aryl methyl sites for hydroxylation is 1. The summed E-state index contributed by atoms with van der Waals surface area (Å²) >= 11 is 1.54. The molecule has 2 heterocycles. The number of ether oxygens (including phenoxy) is 1. The molecule has 0 unspecified atom stereocenters. The lowest BCUT2D eigenvalue weighted by Crippen LogP contribution is -2.26. The molecule has 1 aromatic heterocycles. The van der Waals surface area contributed by atoms with Crippen LogP contribution in [0.25, 0.3) is 10.6 Å². The summed E-state index contributed by atoms with van der Waals surface area (Å²) in [7, 11) is 0. The van der Waals surface area contributed by atoms with Crippen LogP contribution in [0, 0.1) is 6.92 Å². The maximum atomic E-state index is 12.7. The Morgan fingerprint density at radius 2 is 2.12 bits per heavy atom. The van der Waals surface area contributed by atoms with Crippen LogP contribution in [0.4, 0.5) is 11.4 Å². The van der Waals surface area contributed by atoms with Crippen LogP contribution in [0.5, 0.6) is 5.75 Å². The Kier molecular flexibility index (Phi) is 4.14. The van der Waals surface area contributed by atoms with Gasteiger partial charge in [-0.05, 0) is 31.2 Å². The summed E-state index contributed by atoms with van der Waals surface area (Å²) in [6, 6.07) is 12.5. The topological polar surface area (TPSA) is 80.3 Å². The average Bonchev–Trinajstić information content (AvgIpc) is 3.08. The minimum absolute atomic E-state index is 0.0707. The zero-order valence-electron chi connectivity index (χ0n) is 13.9. The standard InChI is InChI=1S/C19H15N3O3S/c1-11-10-26-19(20-11)13-5-2-4-12(8-13)18(24)22-15-7-3-6-14-17(15)25-9-16(23)21-14/h2-8,10H,9H2,1H3,(H,21,23)(H,22,24). The van der Waals surface area contributed by atoms with Gasteiger partial charge in [-0.3, -0.25) is 9.59 Å². The van der Waals surface area contributed by atoms with Gasteiger partial charge in [-0.15, -0.1) is 11.3 Å². The predicted octanol–water partition coefficient (Wildman–Crippen LogP) is 3.70. The molecule has 2 N–H and O–H groups in total. The first kappa shape index (κ1) is 16.3. The quantitative estimate of drug-likeness (QED) is 0.742. The SMILES string of the molecule is Cc1csc(-c2cccc(C(=O)Nc3cccc4c3OCC(=O)N4)c2)n1. The molecule has 26 heavy (non-hydrogen) atoms. The minimum atomic E-state index is -0.256. The second-order valence-electron chi connectivity index (χ2n) is 5.85. The van der Waals surface area contributed by atoms with Crippen molar-refractivity contribution in [3.8, 4) is 16.3 Å². The molecule has 7 heteroatoms. The molecule has 3 aromatic rings. The van der Waals surface area contributed by atoms with Crippen molar-refractivity contribution in [3.05, 3.63) is 59.1 Å². The van der Waals surface area contributed by atoms with E-state index < -0.39 is 0 Å². The van der Waals surface area contributed by atoms with Gasteiger partial charge >= 0.3 is 0 Å². The summed E-state index contributed by atoms with van der Waals surface area (Å²) in [5.41, 5.74) is 3.44. The highest BCUT2D eigenvalue weighted by molar-refractivity contribution is 7.13. The lowest BCUT2D eigenvalue weighted by molar-refractivity contribution is -0.118. The number of amides is 2. The van der Waals surface area contributed by atoms with Crippen molar-refractivity contribution in [2.75, 3.05) is 17.2 Å². The monoisotopic (exact) mass is 365 g/mol.